The molecular weight excluding hydrogens is 342 g/mol. The zero-order valence-electron chi connectivity index (χ0n) is 13.7. The molecule has 8 heteroatoms. The number of ether oxygens (including phenoxy) is 1. The van der Waals surface area contributed by atoms with Crippen LogP contribution in [0, 0.1) is 11.3 Å². The molecule has 0 aromatic heterocycles. The van der Waals surface area contributed by atoms with E-state index in [-0.39, 0.29) is 10.8 Å². The van der Waals surface area contributed by atoms with Gasteiger partial charge in [-0.2, -0.15) is 5.26 Å². The number of hydrogen-bond acceptors (Lipinski definition) is 6. The Bertz CT molecular complexity index is 758. The van der Waals surface area contributed by atoms with Gasteiger partial charge in [0.15, 0.2) is 6.61 Å². The van der Waals surface area contributed by atoms with Gasteiger partial charge in [0.1, 0.15) is 6.04 Å². The predicted molar refractivity (Wildman–Crippen MR) is 91.5 cm³/mol. The molecule has 1 aromatic rings. The summed E-state index contributed by atoms with van der Waals surface area (Å²) in [5.41, 5.74) is 1.00. The van der Waals surface area contributed by atoms with E-state index in [2.05, 4.69) is 5.32 Å². The number of carbonyl (C=O) groups is 3. The minimum absolute atomic E-state index is 0.0449. The van der Waals surface area contributed by atoms with Crippen molar-refractivity contribution >= 4 is 35.2 Å². The molecule has 0 bridgehead atoms. The summed E-state index contributed by atoms with van der Waals surface area (Å²) < 4.78 is 5.10. The van der Waals surface area contributed by atoms with E-state index in [1.54, 1.807) is 40.9 Å². The van der Waals surface area contributed by atoms with E-state index in [0.717, 1.165) is 6.42 Å². The lowest BCUT2D eigenvalue weighted by molar-refractivity contribution is -0.155. The summed E-state index contributed by atoms with van der Waals surface area (Å²) in [6.45, 7) is 1.53. The summed E-state index contributed by atoms with van der Waals surface area (Å²) in [6.07, 6.45) is 1.16. The van der Waals surface area contributed by atoms with Crippen LogP contribution in [0.25, 0.3) is 0 Å². The van der Waals surface area contributed by atoms with Crippen LogP contribution in [0.1, 0.15) is 25.3 Å². The molecule has 1 aromatic carbocycles. The quantitative estimate of drug-likeness (QED) is 0.818. The topological polar surface area (TPSA) is 99.5 Å². The number of fused-ring (bicyclic) bond motifs is 1. The van der Waals surface area contributed by atoms with Crippen molar-refractivity contribution in [2.45, 2.75) is 30.7 Å². The van der Waals surface area contributed by atoms with Crippen molar-refractivity contribution in [3.8, 4) is 6.07 Å². The van der Waals surface area contributed by atoms with Crippen LogP contribution in [-0.4, -0.2) is 46.0 Å². The van der Waals surface area contributed by atoms with Gasteiger partial charge >= 0.3 is 5.97 Å². The molecule has 130 valence electrons. The Balaban J connectivity index is 1.53. The molecule has 2 aliphatic rings. The average Bonchev–Trinajstić information content (AvgIpc) is 3.10. The van der Waals surface area contributed by atoms with Crippen LogP contribution >= 0.6 is 11.8 Å². The molecule has 0 unspecified atom stereocenters. The van der Waals surface area contributed by atoms with Crippen LogP contribution in [0.3, 0.4) is 0 Å². The number of nitriles is 1. The van der Waals surface area contributed by atoms with Crippen LogP contribution < -0.4 is 5.32 Å². The van der Waals surface area contributed by atoms with Gasteiger partial charge < -0.3 is 15.0 Å². The normalized spacial score (nSPS) is 24.6. The summed E-state index contributed by atoms with van der Waals surface area (Å²) in [7, 11) is 0. The summed E-state index contributed by atoms with van der Waals surface area (Å²) in [6, 6.07) is 7.71. The maximum absolute atomic E-state index is 12.3. The average molecular weight is 359 g/mol. The van der Waals surface area contributed by atoms with E-state index in [9.17, 15) is 14.4 Å². The van der Waals surface area contributed by atoms with E-state index in [1.807, 2.05) is 13.0 Å². The Labute approximate surface area is 149 Å². The fourth-order valence-electron chi connectivity index (χ4n) is 3.05. The highest BCUT2D eigenvalue weighted by atomic mass is 32.2. The molecule has 2 atom stereocenters. The highest BCUT2D eigenvalue weighted by Crippen LogP contribution is 2.47. The van der Waals surface area contributed by atoms with Crippen molar-refractivity contribution in [2.75, 3.05) is 17.7 Å². The third kappa shape index (κ3) is 3.46. The molecule has 3 rings (SSSR count). The molecule has 0 spiro atoms. The Kier molecular flexibility index (Phi) is 4.68. The highest BCUT2D eigenvalue weighted by Gasteiger charge is 2.53. The molecule has 7 nitrogen and oxygen atoms in total. The Morgan fingerprint density at radius 1 is 1.44 bits per heavy atom. The summed E-state index contributed by atoms with van der Waals surface area (Å²) >= 11 is 1.57. The number of benzene rings is 1. The number of esters is 1. The van der Waals surface area contributed by atoms with Crippen LogP contribution in [0.15, 0.2) is 24.3 Å². The van der Waals surface area contributed by atoms with Crippen molar-refractivity contribution in [2.24, 2.45) is 0 Å². The SMILES string of the molecule is C[C@@]12CCC(=O)N1[C@@H](C(=O)OCC(=O)Nc1ccc(C#N)cc1)CS2. The van der Waals surface area contributed by atoms with E-state index in [1.165, 1.54) is 0 Å². The number of nitrogens with zero attached hydrogens (tertiary/aromatic N) is 2. The number of thioether (sulfide) groups is 1. The third-order valence-electron chi connectivity index (χ3n) is 4.36. The maximum atomic E-state index is 12.3. The zero-order valence-corrected chi connectivity index (χ0v) is 14.5. The first-order chi connectivity index (χ1) is 11.9. The molecule has 0 saturated carbocycles. The van der Waals surface area contributed by atoms with Gasteiger partial charge in [0.2, 0.25) is 5.91 Å². The second-order valence-electron chi connectivity index (χ2n) is 6.11. The lowest BCUT2D eigenvalue weighted by Crippen LogP contribution is -2.47. The molecule has 2 amide bonds. The second-order valence-corrected chi connectivity index (χ2v) is 7.61. The Morgan fingerprint density at radius 3 is 2.84 bits per heavy atom. The first-order valence-corrected chi connectivity index (χ1v) is 8.84. The summed E-state index contributed by atoms with van der Waals surface area (Å²) in [5, 5.41) is 11.3. The smallest absolute Gasteiger partial charge is 0.330 e. The van der Waals surface area contributed by atoms with Crippen LogP contribution in [-0.2, 0) is 19.1 Å². The second kappa shape index (κ2) is 6.76. The van der Waals surface area contributed by atoms with Gasteiger partial charge in [-0.15, -0.1) is 11.8 Å². The zero-order chi connectivity index (χ0) is 18.0. The van der Waals surface area contributed by atoms with E-state index < -0.39 is 24.5 Å². The number of hydrogen-bond donors (Lipinski definition) is 1. The number of carbonyl (C=O) groups excluding carboxylic acids is 3. The molecular formula is C17H17N3O4S. The predicted octanol–water partition coefficient (Wildman–Crippen LogP) is 1.49. The largest absolute Gasteiger partial charge is 0.454 e. The summed E-state index contributed by atoms with van der Waals surface area (Å²) in [5.74, 6) is -0.588. The van der Waals surface area contributed by atoms with Crippen LogP contribution in [0.4, 0.5) is 5.69 Å². The van der Waals surface area contributed by atoms with Gasteiger partial charge in [-0.3, -0.25) is 9.59 Å². The first-order valence-electron chi connectivity index (χ1n) is 7.86. The first kappa shape index (κ1) is 17.3. The van der Waals surface area contributed by atoms with E-state index >= 15 is 0 Å². The van der Waals surface area contributed by atoms with Crippen molar-refractivity contribution in [1.29, 1.82) is 5.26 Å². The molecule has 2 aliphatic heterocycles. The minimum Gasteiger partial charge on any atom is -0.454 e. The third-order valence-corrected chi connectivity index (χ3v) is 5.87. The molecule has 1 N–H and O–H groups in total. The monoisotopic (exact) mass is 359 g/mol. The van der Waals surface area contributed by atoms with E-state index in [0.29, 0.717) is 23.4 Å². The van der Waals surface area contributed by atoms with Gasteiger partial charge in [0, 0.05) is 17.9 Å². The highest BCUT2D eigenvalue weighted by molar-refractivity contribution is 8.01. The molecule has 0 radical (unpaired) electrons. The fourth-order valence-corrected chi connectivity index (χ4v) is 4.47. The van der Waals surface area contributed by atoms with E-state index in [4.69, 9.17) is 10.00 Å². The van der Waals surface area contributed by atoms with Crippen molar-refractivity contribution in [3.63, 3.8) is 0 Å². The lowest BCUT2D eigenvalue weighted by atomic mass is 10.2. The maximum Gasteiger partial charge on any atom is 0.330 e. The molecule has 2 fully saturated rings. The van der Waals surface area contributed by atoms with Crippen LogP contribution in [0.5, 0.6) is 0 Å². The van der Waals surface area contributed by atoms with Crippen LogP contribution in [0.2, 0.25) is 0 Å². The van der Waals surface area contributed by atoms with Gasteiger partial charge in [0.05, 0.1) is 16.5 Å². The molecule has 2 heterocycles. The lowest BCUT2D eigenvalue weighted by Gasteiger charge is -2.29. The number of nitrogens with one attached hydrogen (secondary N) is 1. The van der Waals surface area contributed by atoms with Gasteiger partial charge in [-0.05, 0) is 37.6 Å². The number of anilines is 1. The molecule has 2 saturated heterocycles. The van der Waals surface area contributed by atoms with Crippen molar-refractivity contribution in [1.82, 2.24) is 4.90 Å². The minimum atomic E-state index is -0.632. The molecule has 25 heavy (non-hydrogen) atoms. The Hall–Kier alpha value is -2.53. The number of amides is 2. The van der Waals surface area contributed by atoms with Gasteiger partial charge in [-0.1, -0.05) is 0 Å². The Morgan fingerprint density at radius 2 is 2.16 bits per heavy atom. The van der Waals surface area contributed by atoms with Gasteiger partial charge in [0.25, 0.3) is 5.91 Å². The molecule has 0 aliphatic carbocycles. The summed E-state index contributed by atoms with van der Waals surface area (Å²) in [4.78, 5) is 37.4. The standard InChI is InChI=1S/C17H17N3O4S/c1-17-7-6-15(22)20(17)13(10-25-17)16(23)24-9-14(21)19-12-4-2-11(8-18)3-5-12/h2-5,13H,6-7,9-10H2,1H3,(H,19,21)/t13-,17-/m1/s1. The number of rotatable bonds is 4. The fraction of sp³-hybridized carbons (Fsp3) is 0.412. The van der Waals surface area contributed by atoms with Crippen molar-refractivity contribution in [3.05, 3.63) is 29.8 Å². The van der Waals surface area contributed by atoms with Gasteiger partial charge in [-0.25, -0.2) is 4.79 Å². The van der Waals surface area contributed by atoms with Crippen molar-refractivity contribution < 1.29 is 19.1 Å².